The summed E-state index contributed by atoms with van der Waals surface area (Å²) in [7, 11) is 0. The maximum atomic E-state index is 12.0. The number of carbonyl (C=O) groups is 2. The van der Waals surface area contributed by atoms with E-state index in [4.69, 9.17) is 11.6 Å². The fourth-order valence-electron chi connectivity index (χ4n) is 2.96. The van der Waals surface area contributed by atoms with Crippen LogP contribution in [0, 0.1) is 6.92 Å². The first kappa shape index (κ1) is 19.5. The Balaban J connectivity index is 1.74. The number of anilines is 1. The standard InChI is InChI=1S/C18H27ClN4O2/c1-3-6-20-17(24)12-21-18(25)13-22-7-9-23(10-8-22)16-11-15(19)5-4-14(16)2/h4-5,11H,3,6-10,12-13H2,1-2H3,(H,20,24)(H,21,25)/p+1. The summed E-state index contributed by atoms with van der Waals surface area (Å²) in [6, 6.07) is 5.94. The monoisotopic (exact) mass is 367 g/mol. The molecule has 0 aromatic heterocycles. The Hall–Kier alpha value is -1.79. The summed E-state index contributed by atoms with van der Waals surface area (Å²) in [4.78, 5) is 27.1. The fraction of sp³-hybridized carbons (Fsp3) is 0.556. The molecule has 1 saturated heterocycles. The molecule has 2 rings (SSSR count). The number of quaternary nitrogens is 1. The summed E-state index contributed by atoms with van der Waals surface area (Å²) in [6.45, 7) is 8.74. The van der Waals surface area contributed by atoms with Gasteiger partial charge in [-0.15, -0.1) is 0 Å². The first-order valence-corrected chi connectivity index (χ1v) is 9.25. The van der Waals surface area contributed by atoms with E-state index in [-0.39, 0.29) is 18.4 Å². The zero-order chi connectivity index (χ0) is 18.2. The van der Waals surface area contributed by atoms with Gasteiger partial charge < -0.3 is 20.4 Å². The van der Waals surface area contributed by atoms with Crippen LogP contribution < -0.4 is 20.4 Å². The fourth-order valence-corrected chi connectivity index (χ4v) is 3.13. The molecule has 6 nitrogen and oxygen atoms in total. The predicted octanol–water partition coefficient (Wildman–Crippen LogP) is -0.00428. The van der Waals surface area contributed by atoms with Crippen molar-refractivity contribution in [1.29, 1.82) is 0 Å². The minimum Gasteiger partial charge on any atom is -0.360 e. The largest absolute Gasteiger partial charge is 0.360 e. The predicted molar refractivity (Wildman–Crippen MR) is 100 cm³/mol. The van der Waals surface area contributed by atoms with Gasteiger partial charge in [-0.25, -0.2) is 0 Å². The molecule has 0 saturated carbocycles. The van der Waals surface area contributed by atoms with Crippen molar-refractivity contribution in [2.45, 2.75) is 20.3 Å². The molecule has 0 radical (unpaired) electrons. The number of aryl methyl sites for hydroxylation is 1. The number of carbonyl (C=O) groups excluding carboxylic acids is 2. The van der Waals surface area contributed by atoms with Crippen molar-refractivity contribution in [3.63, 3.8) is 0 Å². The van der Waals surface area contributed by atoms with Gasteiger partial charge >= 0.3 is 0 Å². The second-order valence-corrected chi connectivity index (χ2v) is 6.91. The number of rotatable bonds is 7. The van der Waals surface area contributed by atoms with Gasteiger partial charge in [0.15, 0.2) is 6.54 Å². The molecule has 3 N–H and O–H groups in total. The topological polar surface area (TPSA) is 65.9 Å². The minimum absolute atomic E-state index is 0.0555. The second-order valence-electron chi connectivity index (χ2n) is 6.47. The Labute approximate surface area is 154 Å². The SMILES string of the molecule is CCCNC(=O)CNC(=O)C[NH+]1CCN(c2cc(Cl)ccc2C)CC1. The Bertz CT molecular complexity index is 601. The maximum absolute atomic E-state index is 12.0. The number of nitrogens with one attached hydrogen (secondary N) is 3. The van der Waals surface area contributed by atoms with E-state index >= 15 is 0 Å². The second kappa shape index (κ2) is 9.63. The number of piperazine rings is 1. The van der Waals surface area contributed by atoms with Crippen LogP contribution in [0.5, 0.6) is 0 Å². The van der Waals surface area contributed by atoms with Gasteiger partial charge in [0.1, 0.15) is 0 Å². The number of amides is 2. The highest BCUT2D eigenvalue weighted by molar-refractivity contribution is 6.30. The highest BCUT2D eigenvalue weighted by Gasteiger charge is 2.23. The molecule has 2 amide bonds. The number of benzene rings is 1. The molecule has 0 unspecified atom stereocenters. The Morgan fingerprint density at radius 2 is 1.92 bits per heavy atom. The molecule has 0 spiro atoms. The van der Waals surface area contributed by atoms with Gasteiger partial charge in [-0.05, 0) is 31.0 Å². The number of hydrogen-bond acceptors (Lipinski definition) is 3. The molecule has 1 aliphatic rings. The van der Waals surface area contributed by atoms with E-state index in [0.717, 1.165) is 37.6 Å². The van der Waals surface area contributed by atoms with Gasteiger partial charge in [0.25, 0.3) is 5.91 Å². The Kier molecular flexibility index (Phi) is 7.52. The van der Waals surface area contributed by atoms with E-state index in [1.54, 1.807) is 0 Å². The number of halogens is 1. The molecule has 0 atom stereocenters. The molecular weight excluding hydrogens is 340 g/mol. The average molecular weight is 368 g/mol. The van der Waals surface area contributed by atoms with Crippen LogP contribution in [-0.2, 0) is 9.59 Å². The quantitative estimate of drug-likeness (QED) is 0.635. The van der Waals surface area contributed by atoms with E-state index in [2.05, 4.69) is 22.5 Å². The lowest BCUT2D eigenvalue weighted by atomic mass is 10.1. The van der Waals surface area contributed by atoms with Crippen LogP contribution in [-0.4, -0.2) is 57.6 Å². The van der Waals surface area contributed by atoms with E-state index < -0.39 is 0 Å². The molecule has 1 aromatic rings. The first-order chi connectivity index (χ1) is 12.0. The van der Waals surface area contributed by atoms with Crippen LogP contribution in [0.3, 0.4) is 0 Å². The summed E-state index contributed by atoms with van der Waals surface area (Å²) in [5.74, 6) is -0.208. The lowest BCUT2D eigenvalue weighted by molar-refractivity contribution is -0.892. The molecule has 7 heteroatoms. The number of hydrogen-bond donors (Lipinski definition) is 3. The van der Waals surface area contributed by atoms with Gasteiger partial charge in [0.2, 0.25) is 5.91 Å². The maximum Gasteiger partial charge on any atom is 0.275 e. The molecule has 1 fully saturated rings. The normalized spacial score (nSPS) is 15.1. The van der Waals surface area contributed by atoms with Crippen molar-refractivity contribution < 1.29 is 14.5 Å². The average Bonchev–Trinajstić information content (AvgIpc) is 2.61. The van der Waals surface area contributed by atoms with Crippen molar-refractivity contribution in [3.8, 4) is 0 Å². The third-order valence-corrected chi connectivity index (χ3v) is 4.65. The van der Waals surface area contributed by atoms with Crippen LogP contribution in [0.25, 0.3) is 0 Å². The van der Waals surface area contributed by atoms with Crippen molar-refractivity contribution >= 4 is 29.1 Å². The lowest BCUT2D eigenvalue weighted by Crippen LogP contribution is -3.16. The van der Waals surface area contributed by atoms with Gasteiger partial charge in [0, 0.05) is 17.3 Å². The number of nitrogens with zero attached hydrogens (tertiary/aromatic N) is 1. The van der Waals surface area contributed by atoms with E-state index in [1.807, 2.05) is 25.1 Å². The lowest BCUT2D eigenvalue weighted by Gasteiger charge is -2.34. The summed E-state index contributed by atoms with van der Waals surface area (Å²) in [5, 5.41) is 6.19. The molecule has 1 heterocycles. The smallest absolute Gasteiger partial charge is 0.275 e. The van der Waals surface area contributed by atoms with Crippen LogP contribution in [0.15, 0.2) is 18.2 Å². The van der Waals surface area contributed by atoms with Crippen molar-refractivity contribution in [3.05, 3.63) is 28.8 Å². The van der Waals surface area contributed by atoms with Crippen molar-refractivity contribution in [2.75, 3.05) is 50.7 Å². The van der Waals surface area contributed by atoms with Crippen LogP contribution in [0.2, 0.25) is 5.02 Å². The highest BCUT2D eigenvalue weighted by Crippen LogP contribution is 2.24. The van der Waals surface area contributed by atoms with Gasteiger partial charge in [-0.2, -0.15) is 0 Å². The van der Waals surface area contributed by atoms with Crippen LogP contribution in [0.4, 0.5) is 5.69 Å². The summed E-state index contributed by atoms with van der Waals surface area (Å²) in [6.07, 6.45) is 0.889. The highest BCUT2D eigenvalue weighted by atomic mass is 35.5. The molecule has 0 aliphatic carbocycles. The minimum atomic E-state index is -0.133. The van der Waals surface area contributed by atoms with Gasteiger partial charge in [-0.3, -0.25) is 9.59 Å². The molecular formula is C18H28ClN4O2+. The third kappa shape index (κ3) is 6.21. The molecule has 1 aromatic carbocycles. The van der Waals surface area contributed by atoms with Gasteiger partial charge in [0.05, 0.1) is 32.7 Å². The van der Waals surface area contributed by atoms with E-state index in [1.165, 1.54) is 16.2 Å². The summed E-state index contributed by atoms with van der Waals surface area (Å²) < 4.78 is 0. The Morgan fingerprint density at radius 3 is 2.60 bits per heavy atom. The molecule has 1 aliphatic heterocycles. The van der Waals surface area contributed by atoms with E-state index in [9.17, 15) is 9.59 Å². The summed E-state index contributed by atoms with van der Waals surface area (Å²) in [5.41, 5.74) is 2.38. The van der Waals surface area contributed by atoms with E-state index in [0.29, 0.717) is 13.1 Å². The van der Waals surface area contributed by atoms with Crippen molar-refractivity contribution in [1.82, 2.24) is 10.6 Å². The first-order valence-electron chi connectivity index (χ1n) is 8.87. The molecule has 0 bridgehead atoms. The molecule has 25 heavy (non-hydrogen) atoms. The zero-order valence-corrected chi connectivity index (χ0v) is 15.8. The molecule has 138 valence electrons. The zero-order valence-electron chi connectivity index (χ0n) is 15.0. The van der Waals surface area contributed by atoms with Crippen molar-refractivity contribution in [2.24, 2.45) is 0 Å². The third-order valence-electron chi connectivity index (χ3n) is 4.41. The summed E-state index contributed by atoms with van der Waals surface area (Å²) >= 11 is 6.11. The van der Waals surface area contributed by atoms with Gasteiger partial charge in [-0.1, -0.05) is 24.6 Å². The van der Waals surface area contributed by atoms with Crippen LogP contribution >= 0.6 is 11.6 Å². The van der Waals surface area contributed by atoms with Crippen LogP contribution in [0.1, 0.15) is 18.9 Å². The Morgan fingerprint density at radius 1 is 1.20 bits per heavy atom.